The first-order valence-corrected chi connectivity index (χ1v) is 15.5. The van der Waals surface area contributed by atoms with Crippen LogP contribution in [0.5, 0.6) is 0 Å². The van der Waals surface area contributed by atoms with Crippen molar-refractivity contribution >= 4 is 21.3 Å². The summed E-state index contributed by atoms with van der Waals surface area (Å²) in [7, 11) is -1.02. The predicted octanol–water partition coefficient (Wildman–Crippen LogP) is 3.40. The molecule has 2 saturated heterocycles. The van der Waals surface area contributed by atoms with E-state index in [1.165, 1.54) is 5.57 Å². The Morgan fingerprint density at radius 2 is 1.76 bits per heavy atom. The van der Waals surface area contributed by atoms with Crippen molar-refractivity contribution in [1.82, 2.24) is 15.1 Å². The number of piperazine rings is 1. The molecule has 2 heterocycles. The lowest BCUT2D eigenvalue weighted by Gasteiger charge is -2.45. The quantitative estimate of drug-likeness (QED) is 0.561. The van der Waals surface area contributed by atoms with Crippen molar-refractivity contribution < 1.29 is 13.2 Å². The van der Waals surface area contributed by atoms with E-state index in [0.29, 0.717) is 18.4 Å². The number of nitrogens with zero attached hydrogens (tertiary/aromatic N) is 2. The molecule has 0 radical (unpaired) electrons. The standard InChI is InChI=1S/C29H46N4O3S/c1-21-19-29(20-22(2)37(21,35)36,31-12-13-33-16-14-32(5)15-17-33)24-6-7-25(27(30)34)26(18-24)23-8-10-28(3,4)11-9-23/h6-8,18,21-22,31H,9-17,19-20H2,1-5H3,(H2,30,34). The fourth-order valence-corrected chi connectivity index (χ4v) is 8.17. The number of rotatable bonds is 7. The minimum absolute atomic E-state index is 0.253. The molecule has 3 N–H and O–H groups in total. The summed E-state index contributed by atoms with van der Waals surface area (Å²) in [6.45, 7) is 14.2. The number of nitrogens with two attached hydrogens (primary N) is 1. The van der Waals surface area contributed by atoms with Crippen molar-refractivity contribution in [2.45, 2.75) is 75.8 Å². The highest BCUT2D eigenvalue weighted by Gasteiger charge is 2.47. The third kappa shape index (κ3) is 6.13. The second-order valence-electron chi connectivity index (χ2n) is 12.5. The summed E-state index contributed by atoms with van der Waals surface area (Å²) in [4.78, 5) is 17.2. The number of hydrogen-bond donors (Lipinski definition) is 2. The molecule has 0 aromatic heterocycles. The number of amides is 1. The molecule has 3 aliphatic rings. The Bertz CT molecular complexity index is 1120. The zero-order valence-corrected chi connectivity index (χ0v) is 24.2. The van der Waals surface area contributed by atoms with Gasteiger partial charge in [-0.2, -0.15) is 0 Å². The van der Waals surface area contributed by atoms with Crippen LogP contribution in [0.2, 0.25) is 0 Å². The molecule has 2 unspecified atom stereocenters. The Labute approximate surface area is 223 Å². The van der Waals surface area contributed by atoms with Gasteiger partial charge in [-0.3, -0.25) is 9.69 Å². The van der Waals surface area contributed by atoms with Gasteiger partial charge in [-0.25, -0.2) is 8.42 Å². The lowest BCUT2D eigenvalue weighted by molar-refractivity contribution is 0.1000. The molecular weight excluding hydrogens is 484 g/mol. The van der Waals surface area contributed by atoms with Crippen LogP contribution in [0.25, 0.3) is 5.57 Å². The maximum atomic E-state index is 13.0. The molecule has 0 saturated carbocycles. The minimum Gasteiger partial charge on any atom is -0.366 e. The summed E-state index contributed by atoms with van der Waals surface area (Å²) in [5.41, 5.74) is 9.29. The van der Waals surface area contributed by atoms with Crippen molar-refractivity contribution in [3.05, 3.63) is 41.0 Å². The van der Waals surface area contributed by atoms with Gasteiger partial charge in [-0.1, -0.05) is 26.0 Å². The normalized spacial score (nSPS) is 30.6. The topological polar surface area (TPSA) is 95.7 Å². The average molecular weight is 531 g/mol. The Balaban J connectivity index is 1.68. The number of carbonyl (C=O) groups is 1. The third-order valence-corrected chi connectivity index (χ3v) is 11.6. The zero-order chi connectivity index (χ0) is 27.0. The SMILES string of the molecule is CC1CC(NCCN2CCN(C)CC2)(c2ccc(C(N)=O)c(C3=CCC(C)(C)CC3)c2)CC(C)S1(=O)=O. The summed E-state index contributed by atoms with van der Waals surface area (Å²) in [5, 5.41) is 2.96. The van der Waals surface area contributed by atoms with Gasteiger partial charge in [-0.15, -0.1) is 0 Å². The monoisotopic (exact) mass is 530 g/mol. The maximum absolute atomic E-state index is 13.0. The van der Waals surface area contributed by atoms with E-state index < -0.39 is 31.8 Å². The van der Waals surface area contributed by atoms with Crippen LogP contribution in [0.15, 0.2) is 24.3 Å². The van der Waals surface area contributed by atoms with Gasteiger partial charge in [0.05, 0.1) is 10.5 Å². The van der Waals surface area contributed by atoms with Crippen molar-refractivity contribution in [3.8, 4) is 0 Å². The molecule has 2 aliphatic heterocycles. The van der Waals surface area contributed by atoms with Crippen LogP contribution in [0, 0.1) is 5.41 Å². The Morgan fingerprint density at radius 3 is 2.32 bits per heavy atom. The van der Waals surface area contributed by atoms with Gasteiger partial charge < -0.3 is 16.0 Å². The van der Waals surface area contributed by atoms with Crippen LogP contribution < -0.4 is 11.1 Å². The first kappa shape index (κ1) is 28.3. The largest absolute Gasteiger partial charge is 0.366 e. The van der Waals surface area contributed by atoms with Crippen LogP contribution >= 0.6 is 0 Å². The van der Waals surface area contributed by atoms with E-state index in [9.17, 15) is 13.2 Å². The first-order valence-electron chi connectivity index (χ1n) is 13.9. The van der Waals surface area contributed by atoms with E-state index >= 15 is 0 Å². The summed E-state index contributed by atoms with van der Waals surface area (Å²) in [5.74, 6) is -0.419. The van der Waals surface area contributed by atoms with Crippen molar-refractivity contribution in [2.75, 3.05) is 46.3 Å². The van der Waals surface area contributed by atoms with Gasteiger partial charge in [0.25, 0.3) is 0 Å². The number of nitrogens with one attached hydrogen (secondary N) is 1. The lowest BCUT2D eigenvalue weighted by atomic mass is 9.75. The number of likely N-dealkylation sites (N-methyl/N-ethyl adjacent to an activating group) is 1. The highest BCUT2D eigenvalue weighted by Crippen LogP contribution is 2.43. The Morgan fingerprint density at radius 1 is 1.11 bits per heavy atom. The van der Waals surface area contributed by atoms with Crippen molar-refractivity contribution in [1.29, 1.82) is 0 Å². The van der Waals surface area contributed by atoms with Gasteiger partial charge in [-0.05, 0) is 87.2 Å². The van der Waals surface area contributed by atoms with Gasteiger partial charge in [0, 0.05) is 50.4 Å². The zero-order valence-electron chi connectivity index (χ0n) is 23.3. The number of primary amides is 1. The van der Waals surface area contributed by atoms with Crippen LogP contribution in [0.3, 0.4) is 0 Å². The predicted molar refractivity (Wildman–Crippen MR) is 151 cm³/mol. The number of sulfone groups is 1. The molecule has 0 bridgehead atoms. The molecule has 1 amide bonds. The molecule has 2 fully saturated rings. The van der Waals surface area contributed by atoms with E-state index in [2.05, 4.69) is 48.2 Å². The Kier molecular flexibility index (Phi) is 8.25. The number of allylic oxidation sites excluding steroid dienone is 2. The molecule has 1 aromatic rings. The molecule has 8 heteroatoms. The van der Waals surface area contributed by atoms with E-state index in [0.717, 1.165) is 69.7 Å². The molecule has 0 spiro atoms. The number of hydrogen-bond acceptors (Lipinski definition) is 6. The smallest absolute Gasteiger partial charge is 0.249 e. The van der Waals surface area contributed by atoms with Gasteiger partial charge >= 0.3 is 0 Å². The molecule has 206 valence electrons. The molecule has 1 aromatic carbocycles. The molecule has 7 nitrogen and oxygen atoms in total. The second kappa shape index (κ2) is 10.8. The van der Waals surface area contributed by atoms with E-state index in [1.807, 2.05) is 26.0 Å². The van der Waals surface area contributed by atoms with Crippen LogP contribution in [0.4, 0.5) is 0 Å². The number of carbonyl (C=O) groups excluding carboxylic acids is 1. The fourth-order valence-electron chi connectivity index (χ4n) is 6.34. The molecule has 37 heavy (non-hydrogen) atoms. The van der Waals surface area contributed by atoms with Crippen LogP contribution in [0.1, 0.15) is 81.3 Å². The molecular formula is C29H46N4O3S. The fraction of sp³-hybridized carbons (Fsp3) is 0.690. The van der Waals surface area contributed by atoms with Gasteiger partial charge in [0.15, 0.2) is 9.84 Å². The van der Waals surface area contributed by atoms with Crippen LogP contribution in [-0.4, -0.2) is 80.9 Å². The molecule has 1 aliphatic carbocycles. The van der Waals surface area contributed by atoms with E-state index in [1.54, 1.807) is 0 Å². The first-order chi connectivity index (χ1) is 17.3. The second-order valence-corrected chi connectivity index (χ2v) is 15.3. The average Bonchev–Trinajstić information content (AvgIpc) is 2.84. The van der Waals surface area contributed by atoms with E-state index in [4.69, 9.17) is 5.73 Å². The summed E-state index contributed by atoms with van der Waals surface area (Å²) < 4.78 is 26.0. The van der Waals surface area contributed by atoms with Crippen molar-refractivity contribution in [3.63, 3.8) is 0 Å². The Hall–Kier alpha value is -1.74. The summed E-state index contributed by atoms with van der Waals surface area (Å²) in [6.07, 6.45) is 6.22. The maximum Gasteiger partial charge on any atom is 0.249 e. The summed E-state index contributed by atoms with van der Waals surface area (Å²) >= 11 is 0. The van der Waals surface area contributed by atoms with E-state index in [-0.39, 0.29) is 5.41 Å². The van der Waals surface area contributed by atoms with Gasteiger partial charge in [0.1, 0.15) is 0 Å². The lowest BCUT2D eigenvalue weighted by Crippen LogP contribution is -2.55. The van der Waals surface area contributed by atoms with Crippen molar-refractivity contribution in [2.24, 2.45) is 11.1 Å². The van der Waals surface area contributed by atoms with Crippen LogP contribution in [-0.2, 0) is 15.4 Å². The minimum atomic E-state index is -3.18. The third-order valence-electron chi connectivity index (χ3n) is 9.04. The highest BCUT2D eigenvalue weighted by molar-refractivity contribution is 7.92. The number of benzene rings is 1. The van der Waals surface area contributed by atoms with Gasteiger partial charge in [0.2, 0.25) is 5.91 Å². The highest BCUT2D eigenvalue weighted by atomic mass is 32.2. The molecule has 2 atom stereocenters. The molecule has 4 rings (SSSR count). The summed E-state index contributed by atoms with van der Waals surface area (Å²) in [6, 6.07) is 5.98.